The molecule has 0 heterocycles. The molecule has 2 atom stereocenters. The molecule has 2 unspecified atom stereocenters. The van der Waals surface area contributed by atoms with Crippen molar-refractivity contribution in [1.82, 2.24) is 0 Å². The second kappa shape index (κ2) is 5.11. The fraction of sp³-hybridized carbons (Fsp3) is 0.600. The predicted molar refractivity (Wildman–Crippen MR) is 75.2 cm³/mol. The Balaban J connectivity index is 2.20. The maximum atomic E-state index is 10.8. The Bertz CT molecular complexity index is 402. The van der Waals surface area contributed by atoms with Gasteiger partial charge in [0, 0.05) is 10.9 Å². The van der Waals surface area contributed by atoms with E-state index in [0.717, 1.165) is 36.6 Å². The summed E-state index contributed by atoms with van der Waals surface area (Å²) in [5.41, 5.74) is 2.23. The first-order valence-electron chi connectivity index (χ1n) is 6.55. The molecule has 2 rings (SSSR count). The zero-order valence-electron chi connectivity index (χ0n) is 10.7. The highest BCUT2D eigenvalue weighted by molar-refractivity contribution is 9.10. The molecule has 1 N–H and O–H groups in total. The minimum absolute atomic E-state index is 0.393. The molecular weight excluding hydrogens is 276 g/mol. The van der Waals surface area contributed by atoms with E-state index in [9.17, 15) is 5.11 Å². The Hall–Kier alpha value is -0.340. The topological polar surface area (TPSA) is 20.2 Å². The van der Waals surface area contributed by atoms with Gasteiger partial charge in [-0.2, -0.15) is 0 Å². The van der Waals surface area contributed by atoms with E-state index < -0.39 is 5.60 Å². The number of hydrogen-bond donors (Lipinski definition) is 1. The average Bonchev–Trinajstić information content (AvgIpc) is 2.30. The van der Waals surface area contributed by atoms with Crippen LogP contribution in [0.25, 0.3) is 0 Å². The van der Waals surface area contributed by atoms with Crippen LogP contribution in [0.4, 0.5) is 0 Å². The van der Waals surface area contributed by atoms with Crippen molar-refractivity contribution >= 4 is 15.9 Å². The van der Waals surface area contributed by atoms with Gasteiger partial charge < -0.3 is 5.11 Å². The third-order valence-electron chi connectivity index (χ3n) is 4.13. The molecule has 1 aliphatic rings. The molecule has 0 saturated carbocycles. The summed E-state index contributed by atoms with van der Waals surface area (Å²) in [6, 6.07) is 6.43. The van der Waals surface area contributed by atoms with E-state index in [4.69, 9.17) is 0 Å². The number of halogens is 1. The molecule has 0 bridgehead atoms. The van der Waals surface area contributed by atoms with Crippen molar-refractivity contribution in [3.63, 3.8) is 0 Å². The van der Waals surface area contributed by atoms with E-state index in [2.05, 4.69) is 48.0 Å². The van der Waals surface area contributed by atoms with Gasteiger partial charge in [-0.3, -0.25) is 0 Å². The largest absolute Gasteiger partial charge is 0.389 e. The Morgan fingerprint density at radius 1 is 1.41 bits per heavy atom. The summed E-state index contributed by atoms with van der Waals surface area (Å²) in [5, 5.41) is 10.8. The Morgan fingerprint density at radius 2 is 2.18 bits per heavy atom. The second-order valence-electron chi connectivity index (χ2n) is 5.38. The molecule has 0 aromatic heterocycles. The van der Waals surface area contributed by atoms with E-state index >= 15 is 0 Å². The normalized spacial score (nSPS) is 25.4. The highest BCUT2D eigenvalue weighted by Gasteiger charge is 2.36. The molecule has 0 radical (unpaired) electrons. The summed E-state index contributed by atoms with van der Waals surface area (Å²) in [6.45, 7) is 4.38. The SMILES string of the molecule is CCCC(C)C1(O)CCc2cc(Br)ccc2C1. The summed E-state index contributed by atoms with van der Waals surface area (Å²) in [5.74, 6) is 0.393. The summed E-state index contributed by atoms with van der Waals surface area (Å²) < 4.78 is 1.14. The van der Waals surface area contributed by atoms with Crippen LogP contribution in [0.1, 0.15) is 44.2 Å². The van der Waals surface area contributed by atoms with E-state index in [0.29, 0.717) is 5.92 Å². The maximum Gasteiger partial charge on any atom is 0.0716 e. The lowest BCUT2D eigenvalue weighted by Crippen LogP contribution is -2.42. The van der Waals surface area contributed by atoms with Gasteiger partial charge >= 0.3 is 0 Å². The summed E-state index contributed by atoms with van der Waals surface area (Å²) in [6.07, 6.45) is 4.98. The smallest absolute Gasteiger partial charge is 0.0716 e. The predicted octanol–water partition coefficient (Wildman–Crippen LogP) is 4.11. The molecule has 0 spiro atoms. The van der Waals surface area contributed by atoms with Gasteiger partial charge in [-0.15, -0.1) is 0 Å². The highest BCUT2D eigenvalue weighted by atomic mass is 79.9. The van der Waals surface area contributed by atoms with Crippen molar-refractivity contribution in [1.29, 1.82) is 0 Å². The molecule has 0 saturated heterocycles. The number of fused-ring (bicyclic) bond motifs is 1. The van der Waals surface area contributed by atoms with Gasteiger partial charge in [0.2, 0.25) is 0 Å². The van der Waals surface area contributed by atoms with Crippen LogP contribution in [-0.2, 0) is 12.8 Å². The van der Waals surface area contributed by atoms with Gasteiger partial charge in [0.15, 0.2) is 0 Å². The molecule has 1 aromatic carbocycles. The van der Waals surface area contributed by atoms with Crippen molar-refractivity contribution in [3.8, 4) is 0 Å². The molecule has 94 valence electrons. The van der Waals surface area contributed by atoms with Crippen LogP contribution in [0.15, 0.2) is 22.7 Å². The minimum atomic E-state index is -0.489. The monoisotopic (exact) mass is 296 g/mol. The van der Waals surface area contributed by atoms with Crippen LogP contribution in [-0.4, -0.2) is 10.7 Å². The Labute approximate surface area is 112 Å². The van der Waals surface area contributed by atoms with Crippen molar-refractivity contribution in [3.05, 3.63) is 33.8 Å². The zero-order chi connectivity index (χ0) is 12.5. The lowest BCUT2D eigenvalue weighted by Gasteiger charge is -2.38. The van der Waals surface area contributed by atoms with Crippen LogP contribution >= 0.6 is 15.9 Å². The van der Waals surface area contributed by atoms with Gasteiger partial charge in [0.1, 0.15) is 0 Å². The summed E-state index contributed by atoms with van der Waals surface area (Å²) in [7, 11) is 0. The molecule has 0 amide bonds. The first kappa shape index (κ1) is 13.1. The first-order chi connectivity index (χ1) is 8.05. The number of rotatable bonds is 3. The molecule has 0 aliphatic heterocycles. The first-order valence-corrected chi connectivity index (χ1v) is 7.34. The Kier molecular flexibility index (Phi) is 3.94. The van der Waals surface area contributed by atoms with E-state index in [1.807, 2.05) is 0 Å². The number of benzene rings is 1. The lowest BCUT2D eigenvalue weighted by atomic mass is 9.72. The average molecular weight is 297 g/mol. The molecule has 2 heteroatoms. The number of aliphatic hydroxyl groups is 1. The molecule has 0 fully saturated rings. The summed E-state index contributed by atoms with van der Waals surface area (Å²) >= 11 is 3.51. The lowest BCUT2D eigenvalue weighted by molar-refractivity contribution is -0.0271. The van der Waals surface area contributed by atoms with E-state index in [1.54, 1.807) is 0 Å². The second-order valence-corrected chi connectivity index (χ2v) is 6.30. The van der Waals surface area contributed by atoms with Crippen molar-refractivity contribution in [2.75, 3.05) is 0 Å². The van der Waals surface area contributed by atoms with Gasteiger partial charge in [0.05, 0.1) is 5.60 Å². The third-order valence-corrected chi connectivity index (χ3v) is 4.62. The molecular formula is C15H21BrO. The number of hydrogen-bond acceptors (Lipinski definition) is 1. The van der Waals surface area contributed by atoms with Crippen LogP contribution in [0.3, 0.4) is 0 Å². The highest BCUT2D eigenvalue weighted by Crippen LogP contribution is 2.36. The molecule has 17 heavy (non-hydrogen) atoms. The maximum absolute atomic E-state index is 10.8. The quantitative estimate of drug-likeness (QED) is 0.890. The molecule has 1 aromatic rings. The van der Waals surface area contributed by atoms with E-state index in [-0.39, 0.29) is 0 Å². The zero-order valence-corrected chi connectivity index (χ0v) is 12.3. The fourth-order valence-corrected chi connectivity index (χ4v) is 3.30. The van der Waals surface area contributed by atoms with Crippen LogP contribution < -0.4 is 0 Å². The molecule has 1 aliphatic carbocycles. The van der Waals surface area contributed by atoms with Crippen LogP contribution in [0, 0.1) is 5.92 Å². The van der Waals surface area contributed by atoms with Gasteiger partial charge in [-0.1, -0.05) is 42.3 Å². The van der Waals surface area contributed by atoms with Crippen LogP contribution in [0.5, 0.6) is 0 Å². The van der Waals surface area contributed by atoms with E-state index in [1.165, 1.54) is 11.1 Å². The van der Waals surface area contributed by atoms with Crippen molar-refractivity contribution < 1.29 is 5.11 Å². The Morgan fingerprint density at radius 3 is 2.88 bits per heavy atom. The minimum Gasteiger partial charge on any atom is -0.389 e. The van der Waals surface area contributed by atoms with Crippen LogP contribution in [0.2, 0.25) is 0 Å². The fourth-order valence-electron chi connectivity index (χ4n) is 2.89. The van der Waals surface area contributed by atoms with Gasteiger partial charge in [0.25, 0.3) is 0 Å². The van der Waals surface area contributed by atoms with Crippen molar-refractivity contribution in [2.45, 2.75) is 51.6 Å². The summed E-state index contributed by atoms with van der Waals surface area (Å²) in [4.78, 5) is 0. The molecule has 1 nitrogen and oxygen atoms in total. The third kappa shape index (κ3) is 2.74. The van der Waals surface area contributed by atoms with Crippen molar-refractivity contribution in [2.24, 2.45) is 5.92 Å². The standard InChI is InChI=1S/C15H21BrO/c1-3-4-11(2)15(17)8-7-12-9-14(16)6-5-13(12)10-15/h5-6,9,11,17H,3-4,7-8,10H2,1-2H3. The van der Waals surface area contributed by atoms with Gasteiger partial charge in [-0.25, -0.2) is 0 Å². The van der Waals surface area contributed by atoms with Gasteiger partial charge in [-0.05, 0) is 48.4 Å². The number of aryl methyl sites for hydroxylation is 1.